The summed E-state index contributed by atoms with van der Waals surface area (Å²) in [5, 5.41) is 8.51. The van der Waals surface area contributed by atoms with E-state index < -0.39 is 5.92 Å². The summed E-state index contributed by atoms with van der Waals surface area (Å²) in [4.78, 5) is 23.5. The van der Waals surface area contributed by atoms with Crippen LogP contribution in [0.25, 0.3) is 0 Å². The molecule has 1 heterocycles. The molecule has 1 aliphatic heterocycles. The zero-order valence-corrected chi connectivity index (χ0v) is 12.2. The molecule has 1 aliphatic rings. The Hall–Kier alpha value is -1.02. The van der Waals surface area contributed by atoms with E-state index in [0.29, 0.717) is 18.8 Å². The molecule has 5 heteroatoms. The summed E-state index contributed by atoms with van der Waals surface area (Å²) in [6.07, 6.45) is 5.54. The molecule has 0 aromatic heterocycles. The molecule has 2 unspecified atom stereocenters. The van der Waals surface area contributed by atoms with Crippen LogP contribution in [0.4, 0.5) is 0 Å². The molecular weight excluding hydrogens is 262 g/mol. The van der Waals surface area contributed by atoms with Gasteiger partial charge in [0.15, 0.2) is 5.78 Å². The minimum atomic E-state index is -0.552. The van der Waals surface area contributed by atoms with Gasteiger partial charge in [-0.2, -0.15) is 5.26 Å². The average molecular weight is 283 g/mol. The van der Waals surface area contributed by atoms with Gasteiger partial charge in [0.1, 0.15) is 5.92 Å². The molecule has 0 aromatic rings. The first-order valence-electron chi connectivity index (χ1n) is 6.88. The molecule has 2 atom stereocenters. The van der Waals surface area contributed by atoms with Crippen LogP contribution in [0.1, 0.15) is 45.4 Å². The van der Waals surface area contributed by atoms with Gasteiger partial charge >= 0.3 is 5.97 Å². The highest BCUT2D eigenvalue weighted by molar-refractivity contribution is 8.01. The number of hydrogen-bond acceptors (Lipinski definition) is 5. The van der Waals surface area contributed by atoms with Crippen molar-refractivity contribution in [3.8, 4) is 6.07 Å². The summed E-state index contributed by atoms with van der Waals surface area (Å²) in [5.74, 6) is -0.461. The Bertz CT molecular complexity index is 351. The van der Waals surface area contributed by atoms with Crippen molar-refractivity contribution >= 4 is 23.5 Å². The van der Waals surface area contributed by atoms with Gasteiger partial charge in [-0.15, -0.1) is 11.8 Å². The van der Waals surface area contributed by atoms with Crippen LogP contribution in [-0.2, 0) is 14.3 Å². The van der Waals surface area contributed by atoms with Crippen molar-refractivity contribution in [2.75, 3.05) is 12.4 Å². The van der Waals surface area contributed by atoms with Crippen LogP contribution in [0, 0.1) is 17.2 Å². The largest absolute Gasteiger partial charge is 0.465 e. The van der Waals surface area contributed by atoms with E-state index in [9.17, 15) is 9.59 Å². The predicted octanol–water partition coefficient (Wildman–Crippen LogP) is 2.71. The summed E-state index contributed by atoms with van der Waals surface area (Å²) in [6, 6.07) is 2.13. The molecule has 4 nitrogen and oxygen atoms in total. The van der Waals surface area contributed by atoms with E-state index in [0.717, 1.165) is 32.1 Å². The van der Waals surface area contributed by atoms with Crippen molar-refractivity contribution in [2.24, 2.45) is 5.92 Å². The molecule has 0 bridgehead atoms. The number of esters is 1. The topological polar surface area (TPSA) is 67.2 Å². The number of ether oxygens (including phenoxy) is 1. The Morgan fingerprint density at radius 3 is 2.84 bits per heavy atom. The van der Waals surface area contributed by atoms with Gasteiger partial charge in [0.2, 0.25) is 0 Å². The van der Waals surface area contributed by atoms with Gasteiger partial charge in [-0.3, -0.25) is 9.59 Å². The molecule has 106 valence electrons. The Kier molecular flexibility index (Phi) is 7.57. The summed E-state index contributed by atoms with van der Waals surface area (Å²) >= 11 is 1.58. The van der Waals surface area contributed by atoms with Gasteiger partial charge in [0.25, 0.3) is 0 Å². The van der Waals surface area contributed by atoms with E-state index in [1.807, 2.05) is 0 Å². The van der Waals surface area contributed by atoms with Gasteiger partial charge in [-0.05, 0) is 19.8 Å². The number of carbonyl (C=O) groups excluding carboxylic acids is 2. The first-order chi connectivity index (χ1) is 9.20. The molecule has 0 N–H and O–H groups in total. The molecule has 0 aliphatic carbocycles. The van der Waals surface area contributed by atoms with Gasteiger partial charge in [0.05, 0.1) is 18.4 Å². The smallest absolute Gasteiger partial charge is 0.317 e. The molecule has 0 radical (unpaired) electrons. The molecule has 19 heavy (non-hydrogen) atoms. The molecule has 1 saturated heterocycles. The third-order valence-electron chi connectivity index (χ3n) is 3.23. The second kappa shape index (κ2) is 8.98. The maximum atomic E-state index is 11.7. The van der Waals surface area contributed by atoms with Crippen molar-refractivity contribution in [1.29, 1.82) is 5.26 Å². The monoisotopic (exact) mass is 283 g/mol. The summed E-state index contributed by atoms with van der Waals surface area (Å²) in [7, 11) is 0. The molecule has 1 fully saturated rings. The highest BCUT2D eigenvalue weighted by Crippen LogP contribution is 2.34. The van der Waals surface area contributed by atoms with Crippen molar-refractivity contribution in [1.82, 2.24) is 0 Å². The van der Waals surface area contributed by atoms with E-state index in [-0.39, 0.29) is 17.0 Å². The number of nitriles is 1. The number of rotatable bonds is 8. The number of Topliss-reactive ketones (excluding diaryl/α,β-unsaturated/α-hetero) is 1. The Morgan fingerprint density at radius 1 is 1.42 bits per heavy atom. The number of hydrogen-bond donors (Lipinski definition) is 0. The lowest BCUT2D eigenvalue weighted by Gasteiger charge is -2.15. The highest BCUT2D eigenvalue weighted by Gasteiger charge is 2.41. The van der Waals surface area contributed by atoms with E-state index in [1.165, 1.54) is 0 Å². The van der Waals surface area contributed by atoms with E-state index in [1.54, 1.807) is 18.7 Å². The quantitative estimate of drug-likeness (QED) is 0.389. The van der Waals surface area contributed by atoms with Crippen LogP contribution in [0.2, 0.25) is 0 Å². The predicted molar refractivity (Wildman–Crippen MR) is 74.7 cm³/mol. The zero-order chi connectivity index (χ0) is 14.1. The zero-order valence-electron chi connectivity index (χ0n) is 11.4. The van der Waals surface area contributed by atoms with Crippen LogP contribution in [-0.4, -0.2) is 29.4 Å². The highest BCUT2D eigenvalue weighted by atomic mass is 32.2. The Labute approximate surface area is 118 Å². The molecule has 0 aromatic carbocycles. The normalized spacial score (nSPS) is 22.2. The van der Waals surface area contributed by atoms with Crippen LogP contribution < -0.4 is 0 Å². The third-order valence-corrected chi connectivity index (χ3v) is 4.61. The minimum Gasteiger partial charge on any atom is -0.465 e. The van der Waals surface area contributed by atoms with Gasteiger partial charge in [0, 0.05) is 11.7 Å². The first kappa shape index (κ1) is 16.0. The summed E-state index contributed by atoms with van der Waals surface area (Å²) in [6.45, 7) is 2.09. The lowest BCUT2D eigenvalue weighted by atomic mass is 9.97. The Morgan fingerprint density at radius 2 is 2.16 bits per heavy atom. The van der Waals surface area contributed by atoms with Crippen LogP contribution in [0.3, 0.4) is 0 Å². The SMILES string of the molecule is CCOC(=O)C1C(=O)CSC1CCCCCCC#N. The van der Waals surface area contributed by atoms with Crippen molar-refractivity contribution in [2.45, 2.75) is 50.7 Å². The summed E-state index contributed by atoms with van der Waals surface area (Å²) < 4.78 is 4.98. The molecule has 0 saturated carbocycles. The number of unbranched alkanes of at least 4 members (excludes halogenated alkanes) is 4. The molecule has 0 amide bonds. The average Bonchev–Trinajstić information content (AvgIpc) is 2.75. The Balaban J connectivity index is 2.29. The molecular formula is C14H21NO3S. The third kappa shape index (κ3) is 5.23. The van der Waals surface area contributed by atoms with E-state index in [4.69, 9.17) is 10.00 Å². The van der Waals surface area contributed by atoms with Crippen molar-refractivity contribution < 1.29 is 14.3 Å². The summed E-state index contributed by atoms with van der Waals surface area (Å²) in [5.41, 5.74) is 0. The van der Waals surface area contributed by atoms with Crippen molar-refractivity contribution in [3.05, 3.63) is 0 Å². The second-order valence-corrected chi connectivity index (χ2v) is 5.88. The standard InChI is InChI=1S/C14H21NO3S/c1-2-18-14(17)13-11(16)10-19-12(13)8-6-4-3-5-7-9-15/h12-13H,2-8,10H2,1H3. The van der Waals surface area contributed by atoms with E-state index in [2.05, 4.69) is 6.07 Å². The van der Waals surface area contributed by atoms with Crippen LogP contribution in [0.15, 0.2) is 0 Å². The van der Waals surface area contributed by atoms with Gasteiger partial charge in [-0.1, -0.05) is 19.3 Å². The van der Waals surface area contributed by atoms with Gasteiger partial charge < -0.3 is 4.74 Å². The first-order valence-corrected chi connectivity index (χ1v) is 7.93. The second-order valence-electron chi connectivity index (χ2n) is 4.66. The number of ketones is 1. The fourth-order valence-electron chi connectivity index (χ4n) is 2.25. The molecule has 1 rings (SSSR count). The fourth-order valence-corrected chi connectivity index (χ4v) is 3.60. The molecule has 0 spiro atoms. The number of thioether (sulfide) groups is 1. The van der Waals surface area contributed by atoms with E-state index >= 15 is 0 Å². The van der Waals surface area contributed by atoms with Crippen LogP contribution in [0.5, 0.6) is 0 Å². The van der Waals surface area contributed by atoms with Crippen LogP contribution >= 0.6 is 11.8 Å². The van der Waals surface area contributed by atoms with Gasteiger partial charge in [-0.25, -0.2) is 0 Å². The lowest BCUT2D eigenvalue weighted by molar-refractivity contribution is -0.150. The fraction of sp³-hybridized carbons (Fsp3) is 0.786. The number of nitrogens with zero attached hydrogens (tertiary/aromatic N) is 1. The lowest BCUT2D eigenvalue weighted by Crippen LogP contribution is -2.30. The maximum Gasteiger partial charge on any atom is 0.317 e. The minimum absolute atomic E-state index is 0.0120. The maximum absolute atomic E-state index is 11.7. The number of carbonyl (C=O) groups is 2. The van der Waals surface area contributed by atoms with Crippen molar-refractivity contribution in [3.63, 3.8) is 0 Å².